The lowest BCUT2D eigenvalue weighted by atomic mass is 9.68. The first-order chi connectivity index (χ1) is 13.1. The number of aromatic nitrogens is 2. The molecule has 1 saturated heterocycles. The third-order valence-electron chi connectivity index (χ3n) is 6.04. The largest absolute Gasteiger partial charge is 0.493 e. The van der Waals surface area contributed by atoms with Crippen molar-refractivity contribution in [2.45, 2.75) is 63.2 Å². The Balaban J connectivity index is 1.66. The van der Waals surface area contributed by atoms with Crippen LogP contribution in [-0.4, -0.2) is 61.3 Å². The molecule has 2 heterocycles. The van der Waals surface area contributed by atoms with Gasteiger partial charge in [0, 0.05) is 11.5 Å². The molecule has 0 amide bonds. The minimum atomic E-state index is -0.687. The highest BCUT2D eigenvalue weighted by Gasteiger charge is 2.54. The van der Waals surface area contributed by atoms with Gasteiger partial charge in [0.2, 0.25) is 5.88 Å². The second kappa shape index (κ2) is 7.62. The summed E-state index contributed by atoms with van der Waals surface area (Å²) in [4.78, 5) is 2.20. The van der Waals surface area contributed by atoms with Crippen LogP contribution in [0.15, 0.2) is 30.3 Å². The van der Waals surface area contributed by atoms with Crippen molar-refractivity contribution < 1.29 is 15.3 Å². The van der Waals surface area contributed by atoms with E-state index in [9.17, 15) is 15.3 Å². The Bertz CT molecular complexity index is 760. The smallest absolute Gasteiger partial charge is 0.218 e. The van der Waals surface area contributed by atoms with Crippen LogP contribution in [0.5, 0.6) is 5.88 Å². The van der Waals surface area contributed by atoms with E-state index in [1.54, 1.807) is 0 Å². The minimum Gasteiger partial charge on any atom is -0.493 e. The number of para-hydroxylation sites is 1. The van der Waals surface area contributed by atoms with Gasteiger partial charge in [0.15, 0.2) is 0 Å². The number of hydrogen-bond donors (Lipinski definition) is 3. The summed E-state index contributed by atoms with van der Waals surface area (Å²) in [6.45, 7) is 3.90. The van der Waals surface area contributed by atoms with Crippen molar-refractivity contribution in [2.75, 3.05) is 13.1 Å². The van der Waals surface area contributed by atoms with Gasteiger partial charge in [-0.05, 0) is 44.5 Å². The number of benzene rings is 1. The standard InChI is InChI=1S/C21H29N3O3/c1-2-9-15-16(21(27)24(22-15)14-10-5-3-6-11-14)17-19(25)18(20(17)26)23-12-7-4-8-13-23/h3,5-6,10-11,17-20,25-27H,2,4,7-9,12-13H2,1H3. The zero-order chi connectivity index (χ0) is 19.0. The molecule has 3 N–H and O–H groups in total. The molecule has 1 aromatic carbocycles. The molecule has 0 bridgehead atoms. The molecule has 6 nitrogen and oxygen atoms in total. The van der Waals surface area contributed by atoms with Crippen molar-refractivity contribution in [3.05, 3.63) is 41.6 Å². The number of aliphatic hydroxyl groups is 2. The summed E-state index contributed by atoms with van der Waals surface area (Å²) in [5, 5.41) is 37.3. The molecule has 6 heteroatoms. The number of piperidine rings is 1. The molecule has 2 fully saturated rings. The quantitative estimate of drug-likeness (QED) is 0.751. The van der Waals surface area contributed by atoms with Gasteiger partial charge in [0.25, 0.3) is 0 Å². The molecule has 1 aliphatic carbocycles. The Labute approximate surface area is 160 Å². The summed E-state index contributed by atoms with van der Waals surface area (Å²) in [7, 11) is 0. The molecular weight excluding hydrogens is 342 g/mol. The lowest BCUT2D eigenvalue weighted by Crippen LogP contribution is -2.66. The van der Waals surface area contributed by atoms with E-state index in [0.29, 0.717) is 12.0 Å². The van der Waals surface area contributed by atoms with Gasteiger partial charge in [-0.1, -0.05) is 38.0 Å². The number of aryl methyl sites for hydroxylation is 1. The van der Waals surface area contributed by atoms with Gasteiger partial charge in [-0.25, -0.2) is 4.68 Å². The second-order valence-electron chi connectivity index (χ2n) is 7.78. The zero-order valence-corrected chi connectivity index (χ0v) is 15.8. The summed E-state index contributed by atoms with van der Waals surface area (Å²) in [6, 6.07) is 9.24. The number of nitrogens with zero attached hydrogens (tertiary/aromatic N) is 3. The maximum atomic E-state index is 10.9. The van der Waals surface area contributed by atoms with Crippen LogP contribution in [0.25, 0.3) is 5.69 Å². The second-order valence-corrected chi connectivity index (χ2v) is 7.78. The number of aliphatic hydroxyl groups excluding tert-OH is 2. The molecule has 2 aromatic rings. The normalized spacial score (nSPS) is 28.9. The van der Waals surface area contributed by atoms with Crippen LogP contribution in [0.2, 0.25) is 0 Å². The molecule has 0 radical (unpaired) electrons. The van der Waals surface area contributed by atoms with Gasteiger partial charge < -0.3 is 15.3 Å². The maximum absolute atomic E-state index is 10.9. The van der Waals surface area contributed by atoms with E-state index in [1.807, 2.05) is 30.3 Å². The fourth-order valence-corrected chi connectivity index (χ4v) is 4.65. The molecule has 2 unspecified atom stereocenters. The van der Waals surface area contributed by atoms with E-state index >= 15 is 0 Å². The predicted molar refractivity (Wildman–Crippen MR) is 103 cm³/mol. The number of hydrogen-bond acceptors (Lipinski definition) is 5. The molecule has 2 aliphatic rings. The molecule has 2 atom stereocenters. The average molecular weight is 371 g/mol. The summed E-state index contributed by atoms with van der Waals surface area (Å²) in [5.74, 6) is -0.458. The van der Waals surface area contributed by atoms with Crippen molar-refractivity contribution in [3.8, 4) is 11.6 Å². The van der Waals surface area contributed by atoms with Gasteiger partial charge in [-0.15, -0.1) is 0 Å². The molecule has 1 saturated carbocycles. The van der Waals surface area contributed by atoms with Crippen molar-refractivity contribution in [2.24, 2.45) is 0 Å². The van der Waals surface area contributed by atoms with Gasteiger partial charge in [0.1, 0.15) is 0 Å². The van der Waals surface area contributed by atoms with Crippen molar-refractivity contribution in [1.82, 2.24) is 14.7 Å². The van der Waals surface area contributed by atoms with Crippen LogP contribution in [-0.2, 0) is 6.42 Å². The summed E-state index contributed by atoms with van der Waals surface area (Å²) < 4.78 is 1.52. The summed E-state index contributed by atoms with van der Waals surface area (Å²) in [5.41, 5.74) is 2.14. The highest BCUT2D eigenvalue weighted by molar-refractivity contribution is 5.45. The Morgan fingerprint density at radius 3 is 2.33 bits per heavy atom. The number of rotatable bonds is 5. The van der Waals surface area contributed by atoms with Gasteiger partial charge in [-0.2, -0.15) is 5.10 Å². The van der Waals surface area contributed by atoms with Gasteiger partial charge >= 0.3 is 0 Å². The first-order valence-corrected chi connectivity index (χ1v) is 10.1. The monoisotopic (exact) mass is 371 g/mol. The highest BCUT2D eigenvalue weighted by Crippen LogP contribution is 2.46. The molecule has 0 spiro atoms. The van der Waals surface area contributed by atoms with Gasteiger partial charge in [0.05, 0.1) is 29.6 Å². The summed E-state index contributed by atoms with van der Waals surface area (Å²) in [6.07, 6.45) is 3.64. The van der Waals surface area contributed by atoms with Crippen LogP contribution in [0, 0.1) is 0 Å². The van der Waals surface area contributed by atoms with Crippen LogP contribution in [0.1, 0.15) is 49.8 Å². The van der Waals surface area contributed by atoms with Crippen molar-refractivity contribution >= 4 is 0 Å². The first-order valence-electron chi connectivity index (χ1n) is 10.1. The van der Waals surface area contributed by atoms with Crippen LogP contribution in [0.3, 0.4) is 0 Å². The molecule has 146 valence electrons. The van der Waals surface area contributed by atoms with Crippen LogP contribution < -0.4 is 0 Å². The zero-order valence-electron chi connectivity index (χ0n) is 15.8. The minimum absolute atomic E-state index is 0.0323. The molecule has 4 rings (SSSR count). The van der Waals surface area contributed by atoms with E-state index in [4.69, 9.17) is 0 Å². The van der Waals surface area contributed by atoms with E-state index in [-0.39, 0.29) is 11.9 Å². The third-order valence-corrected chi connectivity index (χ3v) is 6.04. The van der Waals surface area contributed by atoms with Crippen LogP contribution >= 0.6 is 0 Å². The van der Waals surface area contributed by atoms with Crippen molar-refractivity contribution in [3.63, 3.8) is 0 Å². The Kier molecular flexibility index (Phi) is 5.21. The van der Waals surface area contributed by atoms with Gasteiger partial charge in [-0.3, -0.25) is 4.90 Å². The average Bonchev–Trinajstić information content (AvgIpc) is 3.00. The fourth-order valence-electron chi connectivity index (χ4n) is 4.65. The predicted octanol–water partition coefficient (Wildman–Crippen LogP) is 2.20. The van der Waals surface area contributed by atoms with Crippen molar-refractivity contribution in [1.29, 1.82) is 0 Å². The van der Waals surface area contributed by atoms with E-state index in [1.165, 1.54) is 11.1 Å². The lowest BCUT2D eigenvalue weighted by Gasteiger charge is -2.52. The number of likely N-dealkylation sites (tertiary alicyclic amines) is 1. The summed E-state index contributed by atoms with van der Waals surface area (Å²) >= 11 is 0. The Hall–Kier alpha value is -1.89. The molecule has 1 aromatic heterocycles. The first kappa shape index (κ1) is 18.5. The molecular formula is C21H29N3O3. The van der Waals surface area contributed by atoms with E-state index < -0.39 is 18.1 Å². The lowest BCUT2D eigenvalue weighted by molar-refractivity contribution is -0.140. The maximum Gasteiger partial charge on any atom is 0.218 e. The Morgan fingerprint density at radius 1 is 1.04 bits per heavy atom. The molecule has 1 aliphatic heterocycles. The van der Waals surface area contributed by atoms with E-state index in [0.717, 1.165) is 43.7 Å². The third kappa shape index (κ3) is 3.16. The topological polar surface area (TPSA) is 81.8 Å². The van der Waals surface area contributed by atoms with E-state index in [2.05, 4.69) is 16.9 Å². The fraction of sp³-hybridized carbons (Fsp3) is 0.571. The molecule has 27 heavy (non-hydrogen) atoms. The Morgan fingerprint density at radius 2 is 1.70 bits per heavy atom. The van der Waals surface area contributed by atoms with Crippen LogP contribution in [0.4, 0.5) is 0 Å². The number of aromatic hydroxyl groups is 1. The highest BCUT2D eigenvalue weighted by atomic mass is 16.3. The SMILES string of the molecule is CCCc1nn(-c2ccccc2)c(O)c1C1C(O)C(N2CCCCC2)C1O.